The molecule has 0 spiro atoms. The lowest BCUT2D eigenvalue weighted by Crippen LogP contribution is -2.39. The van der Waals surface area contributed by atoms with Crippen LogP contribution in [0.25, 0.3) is 10.1 Å². The Hall–Kier alpha value is -2.61. The van der Waals surface area contributed by atoms with Gasteiger partial charge in [0.1, 0.15) is 4.88 Å². The van der Waals surface area contributed by atoms with Gasteiger partial charge in [-0.2, -0.15) is 0 Å². The molecule has 0 atom stereocenters. The van der Waals surface area contributed by atoms with Gasteiger partial charge in [-0.25, -0.2) is 9.59 Å². The molecule has 3 rings (SSSR count). The molecule has 1 aliphatic carbocycles. The van der Waals surface area contributed by atoms with Crippen molar-refractivity contribution in [1.82, 2.24) is 10.6 Å². The number of hydrogen-bond acceptors (Lipinski definition) is 5. The smallest absolute Gasteiger partial charge is 0.348 e. The van der Waals surface area contributed by atoms with Gasteiger partial charge in [-0.15, -0.1) is 11.3 Å². The monoisotopic (exact) mass is 361 g/mol. The van der Waals surface area contributed by atoms with Gasteiger partial charge in [-0.3, -0.25) is 4.79 Å². The first kappa shape index (κ1) is 17.2. The summed E-state index contributed by atoms with van der Waals surface area (Å²) in [6, 6.07) is 6.91. The van der Waals surface area contributed by atoms with Gasteiger partial charge in [-0.1, -0.05) is 0 Å². The van der Waals surface area contributed by atoms with E-state index in [0.717, 1.165) is 22.9 Å². The van der Waals surface area contributed by atoms with E-state index in [0.29, 0.717) is 17.2 Å². The van der Waals surface area contributed by atoms with E-state index in [9.17, 15) is 14.4 Å². The largest absolute Gasteiger partial charge is 0.462 e. The average molecular weight is 361 g/mol. The summed E-state index contributed by atoms with van der Waals surface area (Å²) in [5.41, 5.74) is 0.584. The SMILES string of the molecule is CCOC(=O)c1cc2cc(NC(=O)NCC(=O)NC3CC3)ccc2s1. The summed E-state index contributed by atoms with van der Waals surface area (Å²) in [5, 5.41) is 8.84. The summed E-state index contributed by atoms with van der Waals surface area (Å²) in [6.45, 7) is 2.03. The lowest BCUT2D eigenvalue weighted by atomic mass is 10.2. The highest BCUT2D eigenvalue weighted by Gasteiger charge is 2.23. The maximum Gasteiger partial charge on any atom is 0.348 e. The first-order chi connectivity index (χ1) is 12.0. The summed E-state index contributed by atoms with van der Waals surface area (Å²) in [7, 11) is 0. The third-order valence-corrected chi connectivity index (χ3v) is 4.70. The minimum Gasteiger partial charge on any atom is -0.462 e. The molecule has 0 saturated heterocycles. The van der Waals surface area contributed by atoms with Crippen molar-refractivity contribution in [3.8, 4) is 0 Å². The minimum atomic E-state index is -0.453. The maximum atomic E-state index is 11.9. The second-order valence-electron chi connectivity index (χ2n) is 5.73. The van der Waals surface area contributed by atoms with Crippen molar-refractivity contribution < 1.29 is 19.1 Å². The van der Waals surface area contributed by atoms with E-state index >= 15 is 0 Å². The van der Waals surface area contributed by atoms with Gasteiger partial charge in [0.25, 0.3) is 0 Å². The van der Waals surface area contributed by atoms with Crippen molar-refractivity contribution in [2.75, 3.05) is 18.5 Å². The third kappa shape index (κ3) is 4.69. The Balaban J connectivity index is 1.58. The number of nitrogens with one attached hydrogen (secondary N) is 3. The summed E-state index contributed by atoms with van der Waals surface area (Å²) in [6.07, 6.45) is 2.01. The van der Waals surface area contributed by atoms with Crippen LogP contribution in [0.2, 0.25) is 0 Å². The average Bonchev–Trinajstić information content (AvgIpc) is 3.28. The Morgan fingerprint density at radius 2 is 2.04 bits per heavy atom. The van der Waals surface area contributed by atoms with Crippen LogP contribution in [0.1, 0.15) is 29.4 Å². The molecule has 0 radical (unpaired) electrons. The summed E-state index contributed by atoms with van der Waals surface area (Å²) >= 11 is 1.34. The molecule has 0 unspecified atom stereocenters. The Kier molecular flexibility index (Phi) is 5.18. The molecule has 1 heterocycles. The Morgan fingerprint density at radius 1 is 1.24 bits per heavy atom. The fourth-order valence-corrected chi connectivity index (χ4v) is 3.20. The Bertz CT molecular complexity index is 813. The van der Waals surface area contributed by atoms with E-state index in [1.54, 1.807) is 25.1 Å². The molecule has 1 fully saturated rings. The number of benzene rings is 1. The molecule has 1 aliphatic rings. The van der Waals surface area contributed by atoms with E-state index in [2.05, 4.69) is 16.0 Å². The summed E-state index contributed by atoms with van der Waals surface area (Å²) in [4.78, 5) is 35.7. The highest BCUT2D eigenvalue weighted by molar-refractivity contribution is 7.20. The van der Waals surface area contributed by atoms with E-state index in [4.69, 9.17) is 4.74 Å². The van der Waals surface area contributed by atoms with Gasteiger partial charge in [-0.05, 0) is 49.4 Å². The normalized spacial score (nSPS) is 13.3. The number of rotatable bonds is 6. The molecule has 1 aromatic carbocycles. The second kappa shape index (κ2) is 7.52. The standard InChI is InChI=1S/C17H19N3O4S/c1-2-24-16(22)14-8-10-7-12(5-6-13(10)25-14)20-17(23)18-9-15(21)19-11-3-4-11/h5-8,11H,2-4,9H2,1H3,(H,19,21)(H2,18,20,23). The molecule has 2 aromatic rings. The number of hydrogen-bond donors (Lipinski definition) is 3. The van der Waals surface area contributed by atoms with Crippen LogP contribution in [-0.4, -0.2) is 37.1 Å². The fourth-order valence-electron chi connectivity index (χ4n) is 2.27. The van der Waals surface area contributed by atoms with Crippen LogP contribution >= 0.6 is 11.3 Å². The van der Waals surface area contributed by atoms with Crippen LogP contribution in [-0.2, 0) is 9.53 Å². The van der Waals surface area contributed by atoms with E-state index in [1.165, 1.54) is 11.3 Å². The van der Waals surface area contributed by atoms with Gasteiger partial charge >= 0.3 is 12.0 Å². The topological polar surface area (TPSA) is 96.5 Å². The van der Waals surface area contributed by atoms with Crippen molar-refractivity contribution in [1.29, 1.82) is 0 Å². The van der Waals surface area contributed by atoms with Crippen molar-refractivity contribution in [2.24, 2.45) is 0 Å². The number of esters is 1. The lowest BCUT2D eigenvalue weighted by molar-refractivity contribution is -0.120. The number of urea groups is 1. The van der Waals surface area contributed by atoms with Crippen LogP contribution in [0.3, 0.4) is 0 Å². The number of fused-ring (bicyclic) bond motifs is 1. The minimum absolute atomic E-state index is 0.0595. The van der Waals surface area contributed by atoms with Crippen LogP contribution in [0.5, 0.6) is 0 Å². The molecule has 0 aliphatic heterocycles. The predicted octanol–water partition coefficient (Wildman–Crippen LogP) is 2.48. The molecule has 132 valence electrons. The zero-order valence-corrected chi connectivity index (χ0v) is 14.6. The molecule has 3 amide bonds. The van der Waals surface area contributed by atoms with E-state index in [1.807, 2.05) is 6.07 Å². The predicted molar refractivity (Wildman–Crippen MR) is 96.0 cm³/mol. The van der Waals surface area contributed by atoms with Gasteiger partial charge in [0.05, 0.1) is 13.2 Å². The Labute approximate surface area is 148 Å². The van der Waals surface area contributed by atoms with E-state index in [-0.39, 0.29) is 24.5 Å². The molecule has 25 heavy (non-hydrogen) atoms. The second-order valence-corrected chi connectivity index (χ2v) is 6.82. The van der Waals surface area contributed by atoms with Gasteiger partial charge in [0, 0.05) is 16.4 Å². The maximum absolute atomic E-state index is 11.9. The van der Waals surface area contributed by atoms with Gasteiger partial charge in [0.2, 0.25) is 5.91 Å². The highest BCUT2D eigenvalue weighted by Crippen LogP contribution is 2.28. The molecule has 1 saturated carbocycles. The number of carbonyl (C=O) groups excluding carboxylic acids is 3. The molecule has 7 nitrogen and oxygen atoms in total. The first-order valence-electron chi connectivity index (χ1n) is 8.10. The fraction of sp³-hybridized carbons (Fsp3) is 0.353. The molecule has 8 heteroatoms. The highest BCUT2D eigenvalue weighted by atomic mass is 32.1. The van der Waals surface area contributed by atoms with Crippen LogP contribution in [0.15, 0.2) is 24.3 Å². The molecular weight excluding hydrogens is 342 g/mol. The zero-order valence-electron chi connectivity index (χ0n) is 13.8. The number of anilines is 1. The van der Waals surface area contributed by atoms with Gasteiger partial charge < -0.3 is 20.7 Å². The molecule has 0 bridgehead atoms. The first-order valence-corrected chi connectivity index (χ1v) is 8.91. The number of carbonyl (C=O) groups is 3. The van der Waals surface area contributed by atoms with Gasteiger partial charge in [0.15, 0.2) is 0 Å². The summed E-state index contributed by atoms with van der Waals surface area (Å²) < 4.78 is 5.92. The number of ether oxygens (including phenoxy) is 1. The Morgan fingerprint density at radius 3 is 2.76 bits per heavy atom. The van der Waals surface area contributed by atoms with E-state index < -0.39 is 6.03 Å². The summed E-state index contributed by atoms with van der Waals surface area (Å²) in [5.74, 6) is -0.539. The van der Waals surface area contributed by atoms with Crippen LogP contribution in [0.4, 0.5) is 10.5 Å². The molecular formula is C17H19N3O4S. The molecule has 1 aromatic heterocycles. The van der Waals surface area contributed by atoms with Crippen LogP contribution in [0, 0.1) is 0 Å². The number of thiophene rings is 1. The zero-order chi connectivity index (χ0) is 17.8. The van der Waals surface area contributed by atoms with Crippen LogP contribution < -0.4 is 16.0 Å². The third-order valence-electron chi connectivity index (χ3n) is 3.60. The van der Waals surface area contributed by atoms with Crippen molar-refractivity contribution in [3.63, 3.8) is 0 Å². The van der Waals surface area contributed by atoms with Crippen molar-refractivity contribution in [2.45, 2.75) is 25.8 Å². The molecule has 3 N–H and O–H groups in total. The quantitative estimate of drug-likeness (QED) is 0.689. The van der Waals surface area contributed by atoms with Crippen molar-refractivity contribution in [3.05, 3.63) is 29.1 Å². The lowest BCUT2D eigenvalue weighted by Gasteiger charge is -2.08. The van der Waals surface area contributed by atoms with Crippen molar-refractivity contribution >= 4 is 45.0 Å². The number of amides is 3.